The molecule has 316 valence electrons. The van der Waals surface area contributed by atoms with Crippen molar-refractivity contribution in [2.75, 3.05) is 60.5 Å². The van der Waals surface area contributed by atoms with Gasteiger partial charge in [0.15, 0.2) is 23.1 Å². The molecule has 5 aromatic rings. The van der Waals surface area contributed by atoms with E-state index in [2.05, 4.69) is 40.5 Å². The van der Waals surface area contributed by atoms with Gasteiger partial charge >= 0.3 is 12.1 Å². The molecule has 1 amide bonds. The highest BCUT2D eigenvalue weighted by molar-refractivity contribution is 5.78. The Labute approximate surface area is 346 Å². The average molecular weight is 814 g/mol. The first-order chi connectivity index (χ1) is 28.6. The van der Waals surface area contributed by atoms with Gasteiger partial charge in [0, 0.05) is 49.7 Å². The third kappa shape index (κ3) is 12.2. The minimum Gasteiger partial charge on any atom is -0.494 e. The van der Waals surface area contributed by atoms with Gasteiger partial charge in [-0.3, -0.25) is 4.57 Å². The quantitative estimate of drug-likeness (QED) is 0.144. The maximum atomic E-state index is 13.9. The number of piperidine rings is 2. The van der Waals surface area contributed by atoms with Gasteiger partial charge in [0.2, 0.25) is 0 Å². The van der Waals surface area contributed by atoms with Gasteiger partial charge in [-0.2, -0.15) is 0 Å². The van der Waals surface area contributed by atoms with E-state index < -0.39 is 17.7 Å². The van der Waals surface area contributed by atoms with Gasteiger partial charge in [-0.05, 0) is 106 Å². The Bertz CT molecular complexity index is 2060. The molecule has 0 aliphatic carbocycles. The summed E-state index contributed by atoms with van der Waals surface area (Å²) in [7, 11) is 4.65. The van der Waals surface area contributed by atoms with Gasteiger partial charge in [-0.15, -0.1) is 0 Å². The standard InChI is InChI=1S/C19H25FN4O2.C17H13FN2O3.C9H19N/c1-4-23-9-7-15(8-10-23)22(2)19(25)24-12-17(21-13-24)14-5-6-18(26-3)16(20)11-14;1-22-16-8-7-12(9-14(16)18)15-10-20(11-19-15)17(21)23-13-5-3-2-4-6-13;1-3-9-5-7-10(4-2)8-6-9/h5-6,11-13,15H,4,7-10H2,1-3H3;2-11H,1H3;9H,3-8H2,1-2H3. The molecule has 7 rings (SSSR count). The SMILES string of the molecule is CCC1CCN(CC)CC1.CCN1CCC(N(C)C(=O)n2cnc(-c3ccc(OC)c(F)c3)c2)CC1.COc1ccc(-c2cn(C(=O)Oc3ccccc3)cn2)cc1F. The van der Waals surface area contributed by atoms with E-state index in [4.69, 9.17) is 14.2 Å². The first-order valence-corrected chi connectivity index (χ1v) is 20.3. The Kier molecular flexibility index (Phi) is 16.6. The third-order valence-electron chi connectivity index (χ3n) is 11.0. The first kappa shape index (κ1) is 44.5. The van der Waals surface area contributed by atoms with E-state index in [1.54, 1.807) is 53.6 Å². The lowest BCUT2D eigenvalue weighted by Crippen LogP contribution is -2.46. The van der Waals surface area contributed by atoms with Crippen LogP contribution in [0.5, 0.6) is 17.2 Å². The predicted octanol–water partition coefficient (Wildman–Crippen LogP) is 8.96. The van der Waals surface area contributed by atoms with Crippen molar-refractivity contribution >= 4 is 12.1 Å². The number of ether oxygens (including phenoxy) is 3. The van der Waals surface area contributed by atoms with E-state index in [0.717, 1.165) is 38.4 Å². The number of carbonyl (C=O) groups excluding carboxylic acids is 2. The Balaban J connectivity index is 0.000000183. The Morgan fingerprint density at radius 2 is 1.20 bits per heavy atom. The van der Waals surface area contributed by atoms with Crippen LogP contribution < -0.4 is 14.2 Å². The van der Waals surface area contributed by atoms with Crippen LogP contribution in [-0.4, -0.2) is 113 Å². The topological polar surface area (TPSA) is 107 Å². The minimum atomic E-state index is -0.594. The second kappa shape index (κ2) is 22.0. The summed E-state index contributed by atoms with van der Waals surface area (Å²) in [6.07, 6.45) is 11.5. The van der Waals surface area contributed by atoms with Gasteiger partial charge < -0.3 is 28.9 Å². The summed E-state index contributed by atoms with van der Waals surface area (Å²) < 4.78 is 45.3. The normalized spacial score (nSPS) is 15.0. The number of para-hydroxylation sites is 1. The van der Waals surface area contributed by atoms with Gasteiger partial charge in [0.05, 0.1) is 25.6 Å². The zero-order valence-corrected chi connectivity index (χ0v) is 35.0. The Hall–Kier alpha value is -5.60. The number of hydrogen-bond acceptors (Lipinski definition) is 9. The van der Waals surface area contributed by atoms with Crippen LogP contribution in [0.4, 0.5) is 18.4 Å². The molecule has 2 aliphatic rings. The zero-order chi connectivity index (χ0) is 42.3. The summed E-state index contributed by atoms with van der Waals surface area (Å²) >= 11 is 0. The van der Waals surface area contributed by atoms with Crippen LogP contribution in [0, 0.1) is 17.6 Å². The summed E-state index contributed by atoms with van der Waals surface area (Å²) in [6.45, 7) is 13.7. The van der Waals surface area contributed by atoms with Crippen molar-refractivity contribution in [2.45, 2.75) is 58.9 Å². The molecular formula is C45H57F2N7O5. The molecule has 0 radical (unpaired) electrons. The number of benzene rings is 3. The highest BCUT2D eigenvalue weighted by Gasteiger charge is 2.26. The molecule has 2 fully saturated rings. The molecule has 0 bridgehead atoms. The lowest BCUT2D eigenvalue weighted by molar-refractivity contribution is 0.139. The van der Waals surface area contributed by atoms with Crippen molar-refractivity contribution in [1.29, 1.82) is 0 Å². The zero-order valence-electron chi connectivity index (χ0n) is 35.0. The van der Waals surface area contributed by atoms with Crippen molar-refractivity contribution in [1.82, 2.24) is 33.8 Å². The molecule has 4 heterocycles. The van der Waals surface area contributed by atoms with Gasteiger partial charge in [-0.25, -0.2) is 32.9 Å². The third-order valence-corrected chi connectivity index (χ3v) is 11.0. The van der Waals surface area contributed by atoms with E-state index in [9.17, 15) is 18.4 Å². The number of rotatable bonds is 9. The summed E-state index contributed by atoms with van der Waals surface area (Å²) in [5, 5.41) is 0. The molecule has 12 nitrogen and oxygen atoms in total. The average Bonchev–Trinajstić information content (AvgIpc) is 3.99. The molecule has 0 saturated carbocycles. The number of amides is 1. The molecule has 14 heteroatoms. The number of likely N-dealkylation sites (tertiary alicyclic amines) is 2. The largest absolute Gasteiger partial charge is 0.494 e. The summed E-state index contributed by atoms with van der Waals surface area (Å²) in [5.74, 6) is 0.849. The molecule has 3 aromatic carbocycles. The van der Waals surface area contributed by atoms with E-state index in [0.29, 0.717) is 28.3 Å². The van der Waals surface area contributed by atoms with Gasteiger partial charge in [-0.1, -0.05) is 45.4 Å². The van der Waals surface area contributed by atoms with Crippen molar-refractivity contribution in [3.05, 3.63) is 103 Å². The summed E-state index contributed by atoms with van der Waals surface area (Å²) in [6, 6.07) is 17.9. The van der Waals surface area contributed by atoms with Gasteiger partial charge in [0.25, 0.3) is 0 Å². The monoisotopic (exact) mass is 813 g/mol. The van der Waals surface area contributed by atoms with Crippen LogP contribution in [-0.2, 0) is 0 Å². The highest BCUT2D eigenvalue weighted by Crippen LogP contribution is 2.26. The van der Waals surface area contributed by atoms with E-state index in [1.165, 1.54) is 99.3 Å². The molecule has 2 aliphatic heterocycles. The molecule has 2 aromatic heterocycles. The fourth-order valence-corrected chi connectivity index (χ4v) is 7.11. The smallest absolute Gasteiger partial charge is 0.424 e. The molecular weight excluding hydrogens is 757 g/mol. The summed E-state index contributed by atoms with van der Waals surface area (Å²) in [4.78, 5) is 39.9. The second-order valence-electron chi connectivity index (χ2n) is 14.6. The lowest BCUT2D eigenvalue weighted by Gasteiger charge is -2.36. The number of halogens is 2. The molecule has 0 spiro atoms. The summed E-state index contributed by atoms with van der Waals surface area (Å²) in [5.41, 5.74) is 2.15. The molecule has 0 N–H and O–H groups in total. The maximum absolute atomic E-state index is 13.9. The minimum absolute atomic E-state index is 0.118. The van der Waals surface area contributed by atoms with Crippen molar-refractivity contribution in [3.8, 4) is 39.8 Å². The molecule has 0 unspecified atom stereocenters. The number of carbonyl (C=O) groups is 2. The molecule has 2 saturated heterocycles. The second-order valence-corrected chi connectivity index (χ2v) is 14.6. The highest BCUT2D eigenvalue weighted by atomic mass is 19.1. The first-order valence-electron chi connectivity index (χ1n) is 20.3. The number of methoxy groups -OCH3 is 2. The number of nitrogens with zero attached hydrogens (tertiary/aromatic N) is 7. The predicted molar refractivity (Wildman–Crippen MR) is 225 cm³/mol. The van der Waals surface area contributed by atoms with Crippen LogP contribution in [0.25, 0.3) is 22.5 Å². The van der Waals surface area contributed by atoms with Crippen LogP contribution in [0.15, 0.2) is 91.8 Å². The number of hydrogen-bond donors (Lipinski definition) is 0. The number of aromatic nitrogens is 4. The molecule has 59 heavy (non-hydrogen) atoms. The Morgan fingerprint density at radius 3 is 1.68 bits per heavy atom. The van der Waals surface area contributed by atoms with E-state index in [-0.39, 0.29) is 23.6 Å². The molecule has 0 atom stereocenters. The van der Waals surface area contributed by atoms with Crippen molar-refractivity contribution < 1.29 is 32.6 Å². The maximum Gasteiger partial charge on any atom is 0.424 e. The van der Waals surface area contributed by atoms with Crippen molar-refractivity contribution in [2.24, 2.45) is 5.92 Å². The lowest BCUT2D eigenvalue weighted by atomic mass is 9.95. The van der Waals surface area contributed by atoms with Crippen LogP contribution in [0.2, 0.25) is 0 Å². The van der Waals surface area contributed by atoms with Crippen LogP contribution in [0.3, 0.4) is 0 Å². The number of imidazole rings is 2. The van der Waals surface area contributed by atoms with Gasteiger partial charge in [0.1, 0.15) is 18.4 Å². The van der Waals surface area contributed by atoms with E-state index >= 15 is 0 Å². The van der Waals surface area contributed by atoms with Crippen molar-refractivity contribution in [3.63, 3.8) is 0 Å². The van der Waals surface area contributed by atoms with E-state index in [1.807, 2.05) is 13.1 Å². The van der Waals surface area contributed by atoms with Crippen LogP contribution >= 0.6 is 0 Å². The Morgan fingerprint density at radius 1 is 0.712 bits per heavy atom. The van der Waals surface area contributed by atoms with Crippen LogP contribution in [0.1, 0.15) is 52.9 Å². The fraction of sp³-hybridized carbons (Fsp3) is 0.422. The fourth-order valence-electron chi connectivity index (χ4n) is 7.11.